The lowest BCUT2D eigenvalue weighted by atomic mass is 10.1. The Morgan fingerprint density at radius 1 is 1.47 bits per heavy atom. The van der Waals surface area contributed by atoms with Crippen LogP contribution in [-0.4, -0.2) is 48.9 Å². The first kappa shape index (κ1) is 13.6. The van der Waals surface area contributed by atoms with Crippen molar-refractivity contribution >= 4 is 17.7 Å². The van der Waals surface area contributed by atoms with Gasteiger partial charge in [-0.05, 0) is 0 Å². The molecule has 0 aromatic rings. The van der Waals surface area contributed by atoms with Crippen molar-refractivity contribution in [3.05, 3.63) is 0 Å². The first-order valence-corrected chi connectivity index (χ1v) is 5.68. The first-order chi connectivity index (χ1) is 8.02. The predicted molar refractivity (Wildman–Crippen MR) is 60.0 cm³/mol. The van der Waals surface area contributed by atoms with Gasteiger partial charge in [0.05, 0.1) is 19.8 Å². The molecule has 1 heterocycles. The van der Waals surface area contributed by atoms with Crippen molar-refractivity contribution in [2.24, 2.45) is 5.92 Å². The highest BCUT2D eigenvalue weighted by atomic mass is 16.5. The number of hydrogen-bond donors (Lipinski definition) is 1. The molecule has 1 unspecified atom stereocenters. The first-order valence-electron chi connectivity index (χ1n) is 5.68. The Kier molecular flexibility index (Phi) is 5.09. The molecule has 1 rings (SSSR count). The summed E-state index contributed by atoms with van der Waals surface area (Å²) in [6, 6.07) is 0. The number of hydrogen-bond acceptors (Lipinski definition) is 4. The predicted octanol–water partition coefficient (Wildman–Crippen LogP) is -0.466. The van der Waals surface area contributed by atoms with Gasteiger partial charge in [0.2, 0.25) is 17.7 Å². The minimum atomic E-state index is -0.207. The normalized spacial score (nSPS) is 19.9. The monoisotopic (exact) mass is 242 g/mol. The molecule has 17 heavy (non-hydrogen) atoms. The van der Waals surface area contributed by atoms with Crippen LogP contribution in [0.15, 0.2) is 0 Å². The van der Waals surface area contributed by atoms with E-state index >= 15 is 0 Å². The Labute approximate surface area is 100 Å². The Morgan fingerprint density at radius 3 is 2.71 bits per heavy atom. The summed E-state index contributed by atoms with van der Waals surface area (Å²) in [4.78, 5) is 34.7. The lowest BCUT2D eigenvalue weighted by Crippen LogP contribution is -2.34. The minimum Gasteiger partial charge on any atom is -0.378 e. The molecule has 0 aromatic heterocycles. The van der Waals surface area contributed by atoms with Crippen molar-refractivity contribution in [1.29, 1.82) is 0 Å². The van der Waals surface area contributed by atoms with E-state index in [2.05, 4.69) is 5.32 Å². The molecule has 6 nitrogen and oxygen atoms in total. The molecule has 0 spiro atoms. The van der Waals surface area contributed by atoms with E-state index in [1.165, 1.54) is 11.8 Å². The van der Waals surface area contributed by atoms with Gasteiger partial charge in [-0.2, -0.15) is 0 Å². The molecule has 3 amide bonds. The maximum atomic E-state index is 11.5. The molecule has 1 fully saturated rings. The van der Waals surface area contributed by atoms with Crippen LogP contribution in [0.4, 0.5) is 0 Å². The maximum Gasteiger partial charge on any atom is 0.232 e. The molecular weight excluding hydrogens is 224 g/mol. The lowest BCUT2D eigenvalue weighted by molar-refractivity contribution is -0.140. The SMILES string of the molecule is CC(=O)NCCOCCN1C(=O)CC(C)C1=O. The van der Waals surface area contributed by atoms with E-state index in [4.69, 9.17) is 4.74 Å². The van der Waals surface area contributed by atoms with Gasteiger partial charge in [0.25, 0.3) is 0 Å². The van der Waals surface area contributed by atoms with Crippen molar-refractivity contribution in [2.45, 2.75) is 20.3 Å². The van der Waals surface area contributed by atoms with Crippen molar-refractivity contribution in [3.8, 4) is 0 Å². The number of likely N-dealkylation sites (tertiary alicyclic amines) is 1. The average molecular weight is 242 g/mol. The van der Waals surface area contributed by atoms with Crippen LogP contribution in [0.2, 0.25) is 0 Å². The number of imide groups is 1. The number of amides is 3. The molecule has 1 aliphatic heterocycles. The van der Waals surface area contributed by atoms with Gasteiger partial charge in [-0.25, -0.2) is 0 Å². The van der Waals surface area contributed by atoms with Gasteiger partial charge >= 0.3 is 0 Å². The fourth-order valence-corrected chi connectivity index (χ4v) is 1.64. The van der Waals surface area contributed by atoms with Gasteiger partial charge in [-0.1, -0.05) is 6.92 Å². The summed E-state index contributed by atoms with van der Waals surface area (Å²) in [6.07, 6.45) is 0.296. The second kappa shape index (κ2) is 6.34. The fraction of sp³-hybridized carbons (Fsp3) is 0.727. The maximum absolute atomic E-state index is 11.5. The van der Waals surface area contributed by atoms with E-state index in [0.717, 1.165) is 0 Å². The topological polar surface area (TPSA) is 75.7 Å². The Bertz CT molecular complexity index is 317. The van der Waals surface area contributed by atoms with Crippen LogP contribution in [0.3, 0.4) is 0 Å². The molecule has 0 saturated carbocycles. The number of carbonyl (C=O) groups excluding carboxylic acids is 3. The van der Waals surface area contributed by atoms with Gasteiger partial charge in [0.1, 0.15) is 0 Å². The number of carbonyl (C=O) groups is 3. The van der Waals surface area contributed by atoms with Gasteiger partial charge < -0.3 is 10.1 Å². The average Bonchev–Trinajstić information content (AvgIpc) is 2.48. The van der Waals surface area contributed by atoms with Gasteiger partial charge in [-0.15, -0.1) is 0 Å². The Morgan fingerprint density at radius 2 is 2.18 bits per heavy atom. The van der Waals surface area contributed by atoms with Crippen LogP contribution < -0.4 is 5.32 Å². The van der Waals surface area contributed by atoms with Gasteiger partial charge in [0.15, 0.2) is 0 Å². The third-order valence-corrected chi connectivity index (χ3v) is 2.55. The standard InChI is InChI=1S/C11H18N2O4/c1-8-7-10(15)13(11(8)16)4-6-17-5-3-12-9(2)14/h8H,3-7H2,1-2H3,(H,12,14). The van der Waals surface area contributed by atoms with Crippen LogP contribution in [0.25, 0.3) is 0 Å². The molecule has 0 bridgehead atoms. The van der Waals surface area contributed by atoms with E-state index in [1.807, 2.05) is 0 Å². The zero-order valence-electron chi connectivity index (χ0n) is 10.2. The molecular formula is C11H18N2O4. The molecule has 0 aliphatic carbocycles. The zero-order chi connectivity index (χ0) is 12.8. The van der Waals surface area contributed by atoms with E-state index in [9.17, 15) is 14.4 Å². The third kappa shape index (κ3) is 4.14. The van der Waals surface area contributed by atoms with Crippen LogP contribution in [0.1, 0.15) is 20.3 Å². The summed E-state index contributed by atoms with van der Waals surface area (Å²) in [6.45, 7) is 4.60. The van der Waals surface area contributed by atoms with E-state index in [1.54, 1.807) is 6.92 Å². The summed E-state index contributed by atoms with van der Waals surface area (Å²) >= 11 is 0. The highest BCUT2D eigenvalue weighted by molar-refractivity contribution is 6.03. The van der Waals surface area contributed by atoms with Crippen molar-refractivity contribution in [1.82, 2.24) is 10.2 Å². The quantitative estimate of drug-likeness (QED) is 0.505. The van der Waals surface area contributed by atoms with Crippen molar-refractivity contribution < 1.29 is 19.1 Å². The van der Waals surface area contributed by atoms with Crippen LogP contribution in [0.5, 0.6) is 0 Å². The summed E-state index contributed by atoms with van der Waals surface area (Å²) in [7, 11) is 0. The second-order valence-corrected chi connectivity index (χ2v) is 4.08. The molecule has 96 valence electrons. The van der Waals surface area contributed by atoms with Crippen LogP contribution >= 0.6 is 0 Å². The number of ether oxygens (including phenoxy) is 1. The molecule has 1 aliphatic rings. The van der Waals surface area contributed by atoms with Gasteiger partial charge in [-0.3, -0.25) is 19.3 Å². The summed E-state index contributed by atoms with van der Waals surface area (Å²) in [5.41, 5.74) is 0. The molecule has 0 aromatic carbocycles. The molecule has 1 N–H and O–H groups in total. The smallest absolute Gasteiger partial charge is 0.232 e. The van der Waals surface area contributed by atoms with Crippen molar-refractivity contribution in [3.63, 3.8) is 0 Å². The zero-order valence-corrected chi connectivity index (χ0v) is 10.2. The molecule has 1 saturated heterocycles. The van der Waals surface area contributed by atoms with Crippen LogP contribution in [-0.2, 0) is 19.1 Å². The second-order valence-electron chi connectivity index (χ2n) is 4.08. The lowest BCUT2D eigenvalue weighted by Gasteiger charge is -2.14. The largest absolute Gasteiger partial charge is 0.378 e. The summed E-state index contributed by atoms with van der Waals surface area (Å²) < 4.78 is 5.22. The fourth-order valence-electron chi connectivity index (χ4n) is 1.64. The molecule has 1 atom stereocenters. The van der Waals surface area contributed by atoms with E-state index < -0.39 is 0 Å². The Hall–Kier alpha value is -1.43. The Balaban J connectivity index is 2.12. The summed E-state index contributed by atoms with van der Waals surface area (Å²) in [5.74, 6) is -0.567. The van der Waals surface area contributed by atoms with Gasteiger partial charge in [0, 0.05) is 25.8 Å². The number of nitrogens with one attached hydrogen (secondary N) is 1. The highest BCUT2D eigenvalue weighted by Crippen LogP contribution is 2.17. The summed E-state index contributed by atoms with van der Waals surface area (Å²) in [5, 5.41) is 2.59. The molecule has 6 heteroatoms. The van der Waals surface area contributed by atoms with Crippen LogP contribution in [0, 0.1) is 5.92 Å². The number of nitrogens with zero attached hydrogens (tertiary/aromatic N) is 1. The molecule has 0 radical (unpaired) electrons. The van der Waals surface area contributed by atoms with E-state index in [-0.39, 0.29) is 23.6 Å². The van der Waals surface area contributed by atoms with Crippen molar-refractivity contribution in [2.75, 3.05) is 26.3 Å². The highest BCUT2D eigenvalue weighted by Gasteiger charge is 2.34. The number of rotatable bonds is 6. The minimum absolute atomic E-state index is 0.104. The van der Waals surface area contributed by atoms with E-state index in [0.29, 0.717) is 32.7 Å². The third-order valence-electron chi connectivity index (χ3n) is 2.55.